The molecule has 2 aliphatic heterocycles. The van der Waals surface area contributed by atoms with Crippen LogP contribution in [0.15, 0.2) is 47.4 Å². The summed E-state index contributed by atoms with van der Waals surface area (Å²) < 4.78 is 0. The minimum absolute atomic E-state index is 0.0421. The van der Waals surface area contributed by atoms with Crippen LogP contribution >= 0.6 is 0 Å². The van der Waals surface area contributed by atoms with Gasteiger partial charge in [-0.05, 0) is 12.1 Å². The van der Waals surface area contributed by atoms with E-state index >= 15 is 0 Å². The highest BCUT2D eigenvalue weighted by Crippen LogP contribution is 2.28. The zero-order chi connectivity index (χ0) is 14.1. The number of nitro groups is 1. The number of aromatic nitrogens is 3. The third-order valence-corrected chi connectivity index (χ3v) is 2.89. The van der Waals surface area contributed by atoms with Crippen LogP contribution in [-0.4, -0.2) is 20.1 Å². The van der Waals surface area contributed by atoms with Gasteiger partial charge in [0.15, 0.2) is 0 Å². The minimum atomic E-state index is -0.481. The highest BCUT2D eigenvalue weighted by molar-refractivity contribution is 5.78. The van der Waals surface area contributed by atoms with Crippen LogP contribution in [0.2, 0.25) is 0 Å². The molecule has 0 aliphatic carbocycles. The molecule has 1 aromatic carbocycles. The van der Waals surface area contributed by atoms with E-state index in [4.69, 9.17) is 0 Å². The number of rotatable bonds is 2. The molecule has 98 valence electrons. The first-order valence-corrected chi connectivity index (χ1v) is 5.76. The standard InChI is InChI=1S/C13H8N4O3/c18-13-10-5-2-6-14-12(10)11(15-16-13)8-3-1-4-9(7-8)17(19)20/h1-7,14H. The third-order valence-electron chi connectivity index (χ3n) is 2.89. The number of pyridine rings is 1. The maximum Gasteiger partial charge on any atom is 0.297 e. The maximum absolute atomic E-state index is 11.6. The number of non-ortho nitro benzene ring substituents is 1. The molecular formula is C13H8N4O3. The molecule has 2 heterocycles. The SMILES string of the molecule is O=c1nnc(-c2cccc([N+](=O)[O-])c2)c2[nH]cccc1-2. The van der Waals surface area contributed by atoms with Crippen LogP contribution in [0.4, 0.5) is 5.69 Å². The van der Waals surface area contributed by atoms with Gasteiger partial charge in [0, 0.05) is 23.9 Å². The van der Waals surface area contributed by atoms with Crippen molar-refractivity contribution < 1.29 is 4.92 Å². The van der Waals surface area contributed by atoms with Crippen molar-refractivity contribution in [3.63, 3.8) is 0 Å². The number of H-pyrrole nitrogens is 1. The molecule has 1 N–H and O–H groups in total. The Balaban J connectivity index is 2.26. The number of aromatic amines is 1. The van der Waals surface area contributed by atoms with Crippen LogP contribution in [0, 0.1) is 10.1 Å². The van der Waals surface area contributed by atoms with Crippen LogP contribution in [0.5, 0.6) is 0 Å². The third kappa shape index (κ3) is 1.91. The summed E-state index contributed by atoms with van der Waals surface area (Å²) in [5.74, 6) is 0. The Kier molecular flexibility index (Phi) is 2.72. The molecule has 1 aromatic rings. The molecule has 0 atom stereocenters. The molecule has 20 heavy (non-hydrogen) atoms. The summed E-state index contributed by atoms with van der Waals surface area (Å²) in [6.45, 7) is 0. The molecule has 0 unspecified atom stereocenters. The van der Waals surface area contributed by atoms with Crippen molar-refractivity contribution >= 4 is 5.69 Å². The van der Waals surface area contributed by atoms with E-state index in [1.165, 1.54) is 12.1 Å². The lowest BCUT2D eigenvalue weighted by Crippen LogP contribution is -2.14. The van der Waals surface area contributed by atoms with Crippen molar-refractivity contribution in [2.24, 2.45) is 0 Å². The highest BCUT2D eigenvalue weighted by Gasteiger charge is 2.17. The number of nitrogens with one attached hydrogen (secondary N) is 1. The smallest absolute Gasteiger partial charge is 0.297 e. The number of hydrogen-bond donors (Lipinski definition) is 1. The molecule has 0 aromatic heterocycles. The van der Waals surface area contributed by atoms with E-state index in [0.29, 0.717) is 22.5 Å². The van der Waals surface area contributed by atoms with Gasteiger partial charge in [0.2, 0.25) is 0 Å². The second-order valence-corrected chi connectivity index (χ2v) is 4.12. The summed E-state index contributed by atoms with van der Waals surface area (Å²) in [7, 11) is 0. The number of fused-ring (bicyclic) bond motifs is 1. The summed E-state index contributed by atoms with van der Waals surface area (Å²) in [6.07, 6.45) is 1.66. The first-order valence-electron chi connectivity index (χ1n) is 5.76. The molecule has 0 spiro atoms. The van der Waals surface area contributed by atoms with Gasteiger partial charge in [-0.15, -0.1) is 10.2 Å². The molecule has 0 radical (unpaired) electrons. The predicted molar refractivity (Wildman–Crippen MR) is 71.4 cm³/mol. The van der Waals surface area contributed by atoms with Crippen molar-refractivity contribution in [3.05, 3.63) is 63.1 Å². The Hall–Kier alpha value is -3.09. The van der Waals surface area contributed by atoms with E-state index in [0.717, 1.165) is 0 Å². The molecule has 3 rings (SSSR count). The number of nitro benzene ring substituents is 1. The molecule has 0 amide bonds. The zero-order valence-electron chi connectivity index (χ0n) is 10.1. The lowest BCUT2D eigenvalue weighted by atomic mass is 10.0. The Morgan fingerprint density at radius 1 is 1.15 bits per heavy atom. The van der Waals surface area contributed by atoms with E-state index in [-0.39, 0.29) is 5.69 Å². The van der Waals surface area contributed by atoms with Crippen LogP contribution < -0.4 is 5.56 Å². The van der Waals surface area contributed by atoms with Crippen LogP contribution in [0.3, 0.4) is 0 Å². The minimum Gasteiger partial charge on any atom is -0.359 e. The first kappa shape index (κ1) is 12.0. The Bertz CT molecular complexity index is 828. The Morgan fingerprint density at radius 2 is 2.00 bits per heavy atom. The summed E-state index contributed by atoms with van der Waals surface area (Å²) in [5.41, 5.74) is 1.35. The normalized spacial score (nSPS) is 10.6. The molecule has 0 saturated heterocycles. The van der Waals surface area contributed by atoms with Crippen LogP contribution in [0.25, 0.3) is 22.5 Å². The van der Waals surface area contributed by atoms with Gasteiger partial charge in [-0.25, -0.2) is 0 Å². The Morgan fingerprint density at radius 3 is 2.80 bits per heavy atom. The monoisotopic (exact) mass is 268 g/mol. The fourth-order valence-electron chi connectivity index (χ4n) is 1.98. The Labute approximate surface area is 112 Å². The topological polar surface area (TPSA) is 102 Å². The lowest BCUT2D eigenvalue weighted by molar-refractivity contribution is -0.384. The molecule has 0 fully saturated rings. The van der Waals surface area contributed by atoms with Gasteiger partial charge in [-0.2, -0.15) is 0 Å². The average molecular weight is 268 g/mol. The lowest BCUT2D eigenvalue weighted by Gasteiger charge is -2.08. The molecule has 0 bridgehead atoms. The zero-order valence-corrected chi connectivity index (χ0v) is 10.1. The highest BCUT2D eigenvalue weighted by atomic mass is 16.6. The predicted octanol–water partition coefficient (Wildman–Crippen LogP) is 1.84. The summed E-state index contributed by atoms with van der Waals surface area (Å²) in [4.78, 5) is 24.9. The van der Waals surface area contributed by atoms with Crippen molar-refractivity contribution in [2.45, 2.75) is 0 Å². The molecule has 2 aliphatic rings. The van der Waals surface area contributed by atoms with Gasteiger partial charge in [0.25, 0.3) is 11.2 Å². The average Bonchev–Trinajstić information content (AvgIpc) is 2.48. The van der Waals surface area contributed by atoms with Gasteiger partial charge in [0.05, 0.1) is 16.2 Å². The van der Waals surface area contributed by atoms with Gasteiger partial charge in [-0.3, -0.25) is 14.9 Å². The van der Waals surface area contributed by atoms with Gasteiger partial charge in [-0.1, -0.05) is 12.1 Å². The second kappa shape index (κ2) is 4.54. The number of benzene rings is 1. The van der Waals surface area contributed by atoms with E-state index in [1.54, 1.807) is 30.5 Å². The van der Waals surface area contributed by atoms with Crippen molar-refractivity contribution in [3.8, 4) is 22.5 Å². The maximum atomic E-state index is 11.6. The van der Waals surface area contributed by atoms with E-state index in [2.05, 4.69) is 15.2 Å². The van der Waals surface area contributed by atoms with Crippen LogP contribution in [0.1, 0.15) is 0 Å². The van der Waals surface area contributed by atoms with Crippen molar-refractivity contribution in [1.82, 2.24) is 15.2 Å². The summed E-state index contributed by atoms with van der Waals surface area (Å²) >= 11 is 0. The fraction of sp³-hybridized carbons (Fsp3) is 0. The first-order chi connectivity index (χ1) is 9.66. The van der Waals surface area contributed by atoms with E-state index in [9.17, 15) is 14.9 Å². The number of hydrogen-bond acceptors (Lipinski definition) is 5. The molecule has 0 saturated carbocycles. The quantitative estimate of drug-likeness (QED) is 0.564. The van der Waals surface area contributed by atoms with E-state index in [1.807, 2.05) is 0 Å². The largest absolute Gasteiger partial charge is 0.359 e. The van der Waals surface area contributed by atoms with Gasteiger partial charge < -0.3 is 4.98 Å². The van der Waals surface area contributed by atoms with E-state index < -0.39 is 10.5 Å². The van der Waals surface area contributed by atoms with Crippen LogP contribution in [-0.2, 0) is 0 Å². The van der Waals surface area contributed by atoms with Crippen molar-refractivity contribution in [2.75, 3.05) is 0 Å². The van der Waals surface area contributed by atoms with Crippen molar-refractivity contribution in [1.29, 1.82) is 0 Å². The summed E-state index contributed by atoms with van der Waals surface area (Å²) in [5, 5.41) is 18.2. The van der Waals surface area contributed by atoms with Gasteiger partial charge in [0.1, 0.15) is 5.69 Å². The molecule has 7 heteroatoms. The fourth-order valence-corrected chi connectivity index (χ4v) is 1.98. The summed E-state index contributed by atoms with van der Waals surface area (Å²) in [6, 6.07) is 9.35. The molecule has 7 nitrogen and oxygen atoms in total. The van der Waals surface area contributed by atoms with Gasteiger partial charge >= 0.3 is 0 Å². The second-order valence-electron chi connectivity index (χ2n) is 4.12. The number of nitrogens with zero attached hydrogens (tertiary/aromatic N) is 3. The molecular weight excluding hydrogens is 260 g/mol.